The smallest absolute Gasteiger partial charge is 0.200 e. The van der Waals surface area contributed by atoms with Crippen LogP contribution in [-0.2, 0) is 6.54 Å². The second kappa shape index (κ2) is 9.80. The molecule has 1 aromatic rings. The van der Waals surface area contributed by atoms with Crippen LogP contribution in [-0.4, -0.2) is 50.3 Å². The van der Waals surface area contributed by atoms with E-state index in [1.54, 1.807) is 19.2 Å². The highest BCUT2D eigenvalue weighted by Gasteiger charge is 2.19. The number of phenolic OH excluding ortho intramolecular Hbond substituents is 1. The van der Waals surface area contributed by atoms with Crippen LogP contribution in [0.3, 0.4) is 0 Å². The first-order valence-electron chi connectivity index (χ1n) is 7.98. The van der Waals surface area contributed by atoms with Crippen molar-refractivity contribution < 1.29 is 14.6 Å². The van der Waals surface area contributed by atoms with E-state index < -0.39 is 0 Å². The van der Waals surface area contributed by atoms with Crippen LogP contribution in [0, 0.1) is 5.92 Å². The second-order valence-corrected chi connectivity index (χ2v) is 5.92. The van der Waals surface area contributed by atoms with Gasteiger partial charge in [-0.25, -0.2) is 0 Å². The number of nitrogens with zero attached hydrogens (tertiary/aromatic N) is 2. The van der Waals surface area contributed by atoms with Crippen molar-refractivity contribution in [3.05, 3.63) is 17.7 Å². The Labute approximate surface area is 161 Å². The molecular weight excluding hydrogens is 421 g/mol. The van der Waals surface area contributed by atoms with Crippen molar-refractivity contribution in [3.8, 4) is 17.2 Å². The quantitative estimate of drug-likeness (QED) is 0.421. The molecule has 1 aliphatic rings. The lowest BCUT2D eigenvalue weighted by atomic mass is 9.99. The fourth-order valence-electron chi connectivity index (χ4n) is 2.78. The molecule has 6 nitrogen and oxygen atoms in total. The summed E-state index contributed by atoms with van der Waals surface area (Å²) in [6, 6.07) is 3.60. The van der Waals surface area contributed by atoms with Gasteiger partial charge in [0.05, 0.1) is 14.2 Å². The zero-order chi connectivity index (χ0) is 16.8. The van der Waals surface area contributed by atoms with E-state index in [4.69, 9.17) is 9.47 Å². The van der Waals surface area contributed by atoms with Crippen LogP contribution in [0.1, 0.15) is 25.3 Å². The molecule has 1 fully saturated rings. The highest BCUT2D eigenvalue weighted by molar-refractivity contribution is 14.0. The monoisotopic (exact) mass is 449 g/mol. The van der Waals surface area contributed by atoms with Crippen LogP contribution < -0.4 is 14.8 Å². The van der Waals surface area contributed by atoms with Gasteiger partial charge < -0.3 is 24.8 Å². The minimum absolute atomic E-state index is 0. The Morgan fingerprint density at radius 2 is 1.79 bits per heavy atom. The summed E-state index contributed by atoms with van der Waals surface area (Å²) in [5, 5.41) is 13.3. The van der Waals surface area contributed by atoms with Crippen molar-refractivity contribution in [2.75, 3.05) is 34.4 Å². The third kappa shape index (κ3) is 5.06. The van der Waals surface area contributed by atoms with Gasteiger partial charge in [0, 0.05) is 26.7 Å². The number of nitrogens with one attached hydrogen (secondary N) is 1. The first kappa shape index (κ1) is 20.7. The first-order valence-corrected chi connectivity index (χ1v) is 7.98. The van der Waals surface area contributed by atoms with Gasteiger partial charge in [-0.05, 0) is 36.5 Å². The number of benzene rings is 1. The highest BCUT2D eigenvalue weighted by atomic mass is 127. The average molecular weight is 449 g/mol. The van der Waals surface area contributed by atoms with Crippen LogP contribution >= 0.6 is 24.0 Å². The molecule has 0 bridgehead atoms. The minimum atomic E-state index is 0. The van der Waals surface area contributed by atoms with Crippen molar-refractivity contribution >= 4 is 29.9 Å². The number of phenols is 1. The number of methoxy groups -OCH3 is 2. The number of hydrogen-bond acceptors (Lipinski definition) is 4. The summed E-state index contributed by atoms with van der Waals surface area (Å²) in [5.41, 5.74) is 0.961. The van der Waals surface area contributed by atoms with Gasteiger partial charge >= 0.3 is 0 Å². The Balaban J connectivity index is 0.00000288. The van der Waals surface area contributed by atoms with Crippen molar-refractivity contribution in [2.45, 2.75) is 26.3 Å². The van der Waals surface area contributed by atoms with E-state index in [1.807, 2.05) is 0 Å². The van der Waals surface area contributed by atoms with E-state index >= 15 is 0 Å². The van der Waals surface area contributed by atoms with Crippen molar-refractivity contribution in [2.24, 2.45) is 10.9 Å². The lowest BCUT2D eigenvalue weighted by Gasteiger charge is -2.33. The molecular formula is C17H28IN3O3. The summed E-state index contributed by atoms with van der Waals surface area (Å²) in [6.45, 7) is 4.94. The lowest BCUT2D eigenvalue weighted by molar-refractivity contribution is 0.273. The molecule has 0 atom stereocenters. The Hall–Kier alpha value is -1.38. The number of ether oxygens (including phenoxy) is 2. The number of piperidine rings is 1. The Morgan fingerprint density at radius 3 is 2.25 bits per heavy atom. The van der Waals surface area contributed by atoms with Crippen LogP contribution in [0.2, 0.25) is 0 Å². The van der Waals surface area contributed by atoms with Gasteiger partial charge in [-0.2, -0.15) is 0 Å². The summed E-state index contributed by atoms with van der Waals surface area (Å²) in [6.07, 6.45) is 2.39. The number of rotatable bonds is 4. The van der Waals surface area contributed by atoms with Gasteiger partial charge in [0.1, 0.15) is 0 Å². The fraction of sp³-hybridized carbons (Fsp3) is 0.588. The second-order valence-electron chi connectivity index (χ2n) is 5.92. The molecule has 0 aromatic heterocycles. The van der Waals surface area contributed by atoms with Crippen molar-refractivity contribution in [1.29, 1.82) is 0 Å². The first-order chi connectivity index (χ1) is 11.1. The van der Waals surface area contributed by atoms with Gasteiger partial charge in [-0.1, -0.05) is 6.92 Å². The van der Waals surface area contributed by atoms with Crippen LogP contribution in [0.15, 0.2) is 17.1 Å². The van der Waals surface area contributed by atoms with Crippen LogP contribution in [0.4, 0.5) is 0 Å². The van der Waals surface area contributed by atoms with Crippen LogP contribution in [0.25, 0.3) is 0 Å². The molecule has 0 radical (unpaired) electrons. The number of aliphatic imine (C=N–C) groups is 1. The lowest BCUT2D eigenvalue weighted by Crippen LogP contribution is -2.45. The molecule has 1 heterocycles. The summed E-state index contributed by atoms with van der Waals surface area (Å²) in [7, 11) is 4.86. The maximum atomic E-state index is 9.96. The maximum absolute atomic E-state index is 9.96. The van der Waals surface area contributed by atoms with Gasteiger partial charge in [0.15, 0.2) is 17.5 Å². The molecule has 2 rings (SSSR count). The van der Waals surface area contributed by atoms with Gasteiger partial charge in [-0.3, -0.25) is 4.99 Å². The standard InChI is InChI=1S/C17H27N3O3.HI/c1-12-5-7-20(8-6-12)17(18-2)19-11-13-9-14(22-3)16(21)15(10-13)23-4;/h9-10,12,21H,5-8,11H2,1-4H3,(H,18,19);1H. The molecule has 1 aliphatic heterocycles. The minimum Gasteiger partial charge on any atom is -0.502 e. The zero-order valence-electron chi connectivity index (χ0n) is 14.8. The molecule has 1 aromatic carbocycles. The molecule has 0 spiro atoms. The molecule has 7 heteroatoms. The summed E-state index contributed by atoms with van der Waals surface area (Å²) in [4.78, 5) is 6.66. The Morgan fingerprint density at radius 1 is 1.25 bits per heavy atom. The molecule has 136 valence electrons. The SMILES string of the molecule is CN=C(NCc1cc(OC)c(O)c(OC)c1)N1CCC(C)CC1.I. The molecule has 0 aliphatic carbocycles. The van der Waals surface area contributed by atoms with Gasteiger partial charge in [0.25, 0.3) is 0 Å². The van der Waals surface area contributed by atoms with E-state index in [9.17, 15) is 5.11 Å². The Bertz CT molecular complexity index is 533. The zero-order valence-corrected chi connectivity index (χ0v) is 17.2. The van der Waals surface area contributed by atoms with E-state index in [0.717, 1.165) is 30.5 Å². The normalized spacial score (nSPS) is 15.7. The number of hydrogen-bond donors (Lipinski definition) is 2. The molecule has 0 saturated carbocycles. The number of aromatic hydroxyl groups is 1. The molecule has 0 unspecified atom stereocenters. The fourth-order valence-corrected chi connectivity index (χ4v) is 2.78. The van der Waals surface area contributed by atoms with Gasteiger partial charge in [0.2, 0.25) is 5.75 Å². The highest BCUT2D eigenvalue weighted by Crippen LogP contribution is 2.37. The number of guanidine groups is 1. The van der Waals surface area contributed by atoms with Crippen molar-refractivity contribution in [3.63, 3.8) is 0 Å². The Kier molecular flexibility index (Phi) is 8.44. The van der Waals surface area contributed by atoms with Crippen LogP contribution in [0.5, 0.6) is 17.2 Å². The average Bonchev–Trinajstić information content (AvgIpc) is 2.57. The number of likely N-dealkylation sites (tertiary alicyclic amines) is 1. The summed E-state index contributed by atoms with van der Waals surface area (Å²) in [5.74, 6) is 2.52. The molecule has 2 N–H and O–H groups in total. The van der Waals surface area contributed by atoms with Crippen molar-refractivity contribution in [1.82, 2.24) is 10.2 Å². The van der Waals surface area contributed by atoms with E-state index in [2.05, 4.69) is 22.1 Å². The van der Waals surface area contributed by atoms with E-state index in [-0.39, 0.29) is 29.7 Å². The molecule has 24 heavy (non-hydrogen) atoms. The van der Waals surface area contributed by atoms with Gasteiger partial charge in [-0.15, -0.1) is 24.0 Å². The summed E-state index contributed by atoms with van der Waals surface area (Å²) < 4.78 is 10.4. The molecule has 1 saturated heterocycles. The third-order valence-electron chi connectivity index (χ3n) is 4.29. The maximum Gasteiger partial charge on any atom is 0.200 e. The van der Waals surface area contributed by atoms with E-state index in [0.29, 0.717) is 18.0 Å². The predicted molar refractivity (Wildman–Crippen MR) is 107 cm³/mol. The largest absolute Gasteiger partial charge is 0.502 e. The topological polar surface area (TPSA) is 66.3 Å². The van der Waals surface area contributed by atoms with E-state index in [1.165, 1.54) is 27.1 Å². The predicted octanol–water partition coefficient (Wildman–Crippen LogP) is 2.83. The third-order valence-corrected chi connectivity index (χ3v) is 4.29. The molecule has 0 amide bonds. The summed E-state index contributed by atoms with van der Waals surface area (Å²) >= 11 is 0. The number of halogens is 1.